The minimum Gasteiger partial charge on any atom is -0.376 e. The number of alkyl carbamates (subject to hydrolysis) is 1. The van der Waals surface area contributed by atoms with Crippen LogP contribution in [0, 0.1) is 0 Å². The molecule has 1 heterocycles. The molecule has 1 amide bonds. The van der Waals surface area contributed by atoms with E-state index >= 15 is 0 Å². The molecule has 1 atom stereocenters. The number of rotatable bonds is 6. The maximum atomic E-state index is 11.2. The maximum Gasteiger partial charge on any atom is 0.520 e. The number of nitrogens with one attached hydrogen (secondary N) is 1. The van der Waals surface area contributed by atoms with E-state index in [1.807, 2.05) is 0 Å². The fourth-order valence-corrected chi connectivity index (χ4v) is 2.32. The molecule has 0 bridgehead atoms. The highest BCUT2D eigenvalue weighted by molar-refractivity contribution is 6.61. The van der Waals surface area contributed by atoms with Gasteiger partial charge >= 0.3 is 20.9 Å². The normalized spacial score (nSPS) is 18.6. The Balaban J connectivity index is 2.32. The fraction of sp³-hybridized carbons (Fsp3) is 0.750. The molecule has 1 aliphatic rings. The van der Waals surface area contributed by atoms with Crippen molar-refractivity contribution in [3.05, 3.63) is 0 Å². The summed E-state index contributed by atoms with van der Waals surface area (Å²) >= 11 is 0. The molecule has 0 aromatic heterocycles. The zero-order valence-corrected chi connectivity index (χ0v) is 10.8. The minimum absolute atomic E-state index is 0.00807. The van der Waals surface area contributed by atoms with Crippen LogP contribution < -0.4 is 5.32 Å². The Labute approximate surface area is 99.5 Å². The van der Waals surface area contributed by atoms with E-state index in [0.29, 0.717) is 6.61 Å². The molecule has 17 heavy (non-hydrogen) atoms. The smallest absolute Gasteiger partial charge is 0.376 e. The van der Waals surface area contributed by atoms with Crippen LogP contribution in [0.3, 0.4) is 0 Å². The number of carbonyl (C=O) groups is 2. The van der Waals surface area contributed by atoms with Crippen molar-refractivity contribution in [2.75, 3.05) is 34.1 Å². The Bertz CT molecular complexity index is 281. The average Bonchev–Trinajstić information content (AvgIpc) is 3.15. The number of carbonyl (C=O) groups excluding carboxylic acids is 2. The van der Waals surface area contributed by atoms with Crippen molar-refractivity contribution >= 4 is 20.9 Å². The van der Waals surface area contributed by atoms with Crippen molar-refractivity contribution in [3.63, 3.8) is 0 Å². The summed E-state index contributed by atoms with van der Waals surface area (Å²) in [5.74, 6) is -0.706. The van der Waals surface area contributed by atoms with E-state index in [1.54, 1.807) is 0 Å². The number of ether oxygens (including phenoxy) is 2. The maximum absolute atomic E-state index is 11.2. The summed E-state index contributed by atoms with van der Waals surface area (Å²) in [6, 6.07) is 0. The summed E-state index contributed by atoms with van der Waals surface area (Å²) in [7, 11) is 1.34. The van der Waals surface area contributed by atoms with Gasteiger partial charge in [0, 0.05) is 21.3 Å². The van der Waals surface area contributed by atoms with Gasteiger partial charge in [0.15, 0.2) is 6.10 Å². The Hall–Kier alpha value is -1.00. The topological polar surface area (TPSA) is 95.6 Å². The lowest BCUT2D eigenvalue weighted by atomic mass is 10.5. The van der Waals surface area contributed by atoms with Crippen molar-refractivity contribution in [2.45, 2.75) is 6.10 Å². The van der Waals surface area contributed by atoms with E-state index in [9.17, 15) is 9.59 Å². The van der Waals surface area contributed by atoms with Crippen LogP contribution in [-0.2, 0) is 27.5 Å². The molecular weight excluding hydrogens is 250 g/mol. The van der Waals surface area contributed by atoms with Crippen molar-refractivity contribution in [1.82, 2.24) is 5.32 Å². The van der Waals surface area contributed by atoms with Gasteiger partial charge in [-0.1, -0.05) is 0 Å². The van der Waals surface area contributed by atoms with Gasteiger partial charge in [0.05, 0.1) is 12.8 Å². The molecule has 1 aliphatic heterocycles. The third kappa shape index (κ3) is 4.05. The number of amides is 1. The molecule has 98 valence electrons. The van der Waals surface area contributed by atoms with Gasteiger partial charge in [-0.15, -0.1) is 0 Å². The van der Waals surface area contributed by atoms with Gasteiger partial charge in [0.2, 0.25) is 0 Å². The van der Waals surface area contributed by atoms with Gasteiger partial charge in [-0.2, -0.15) is 0 Å². The molecule has 1 rings (SSSR count). The van der Waals surface area contributed by atoms with E-state index in [4.69, 9.17) is 13.3 Å². The molecule has 0 aromatic rings. The lowest BCUT2D eigenvalue weighted by molar-refractivity contribution is -0.138. The summed E-state index contributed by atoms with van der Waals surface area (Å²) in [4.78, 5) is 22.3. The second-order valence-electron chi connectivity index (χ2n) is 3.18. The number of esters is 1. The molecule has 0 aromatic carbocycles. The summed E-state index contributed by atoms with van der Waals surface area (Å²) < 4.78 is 24.3. The lowest BCUT2D eigenvalue weighted by Gasteiger charge is -2.23. The largest absolute Gasteiger partial charge is 0.520 e. The minimum atomic E-state index is -2.90. The summed E-state index contributed by atoms with van der Waals surface area (Å²) in [6.07, 6.45) is -1.49. The standard InChI is InChI=1S/C8H15NO7Si/c1-12-17(13-2,14-3)5-9-8(11)16-7(10)6-4-15-6/h6H,4-5H2,1-3H3,(H,9,11). The molecule has 1 fully saturated rings. The summed E-state index contributed by atoms with van der Waals surface area (Å²) in [5.41, 5.74) is 0. The van der Waals surface area contributed by atoms with Crippen molar-refractivity contribution in [3.8, 4) is 0 Å². The molecule has 0 spiro atoms. The Kier molecular flexibility index (Phi) is 5.02. The van der Waals surface area contributed by atoms with Gasteiger partial charge in [-0.25, -0.2) is 9.59 Å². The van der Waals surface area contributed by atoms with E-state index in [2.05, 4.69) is 14.8 Å². The fourth-order valence-electron chi connectivity index (χ4n) is 1.02. The Morgan fingerprint density at radius 2 is 1.82 bits per heavy atom. The van der Waals surface area contributed by atoms with E-state index in [-0.39, 0.29) is 6.17 Å². The van der Waals surface area contributed by atoms with Crippen LogP contribution in [0.4, 0.5) is 4.79 Å². The van der Waals surface area contributed by atoms with Crippen LogP contribution in [0.1, 0.15) is 0 Å². The van der Waals surface area contributed by atoms with E-state index in [1.165, 1.54) is 21.3 Å². The van der Waals surface area contributed by atoms with Gasteiger partial charge in [-0.3, -0.25) is 0 Å². The van der Waals surface area contributed by atoms with Crippen LogP contribution >= 0.6 is 0 Å². The lowest BCUT2D eigenvalue weighted by Crippen LogP contribution is -2.53. The van der Waals surface area contributed by atoms with E-state index < -0.39 is 27.0 Å². The van der Waals surface area contributed by atoms with Crippen LogP contribution in [-0.4, -0.2) is 61.1 Å². The quantitative estimate of drug-likeness (QED) is 0.286. The highest BCUT2D eigenvalue weighted by Crippen LogP contribution is 2.10. The van der Waals surface area contributed by atoms with Gasteiger partial charge in [-0.05, 0) is 0 Å². The predicted molar refractivity (Wildman–Crippen MR) is 56.0 cm³/mol. The summed E-state index contributed by atoms with van der Waals surface area (Å²) in [6.45, 7) is 0.291. The highest BCUT2D eigenvalue weighted by atomic mass is 28.4. The van der Waals surface area contributed by atoms with Gasteiger partial charge < -0.3 is 28.1 Å². The third-order valence-electron chi connectivity index (χ3n) is 2.17. The van der Waals surface area contributed by atoms with Crippen LogP contribution in [0.5, 0.6) is 0 Å². The van der Waals surface area contributed by atoms with Gasteiger partial charge in [0.25, 0.3) is 0 Å². The SMILES string of the molecule is CO[Si](CNC(=O)OC(=O)C1CO1)(OC)OC. The molecule has 0 saturated carbocycles. The van der Waals surface area contributed by atoms with Gasteiger partial charge in [0.1, 0.15) is 0 Å². The highest BCUT2D eigenvalue weighted by Gasteiger charge is 2.39. The molecule has 1 N–H and O–H groups in total. The molecular formula is C8H15NO7Si. The predicted octanol–water partition coefficient (Wildman–Crippen LogP) is -0.945. The average molecular weight is 265 g/mol. The molecule has 9 heteroatoms. The second-order valence-corrected chi connectivity index (χ2v) is 6.12. The second kappa shape index (κ2) is 6.07. The van der Waals surface area contributed by atoms with Crippen LogP contribution in [0.15, 0.2) is 0 Å². The number of hydrogen-bond acceptors (Lipinski definition) is 7. The van der Waals surface area contributed by atoms with Crippen molar-refractivity contribution in [2.24, 2.45) is 0 Å². The first kappa shape index (κ1) is 14.1. The number of hydrogen-bond donors (Lipinski definition) is 1. The van der Waals surface area contributed by atoms with Crippen LogP contribution in [0.25, 0.3) is 0 Å². The zero-order valence-electron chi connectivity index (χ0n) is 9.85. The molecule has 8 nitrogen and oxygen atoms in total. The molecule has 0 aliphatic carbocycles. The number of epoxide rings is 1. The molecule has 1 saturated heterocycles. The van der Waals surface area contributed by atoms with Crippen LogP contribution in [0.2, 0.25) is 0 Å². The summed E-state index contributed by atoms with van der Waals surface area (Å²) in [5, 5.41) is 2.34. The Morgan fingerprint density at radius 1 is 1.29 bits per heavy atom. The monoisotopic (exact) mass is 265 g/mol. The van der Waals surface area contributed by atoms with E-state index in [0.717, 1.165) is 0 Å². The first-order chi connectivity index (χ1) is 8.06. The third-order valence-corrected chi connectivity index (χ3v) is 4.65. The van der Waals surface area contributed by atoms with Crippen molar-refractivity contribution < 1.29 is 32.3 Å². The zero-order chi connectivity index (χ0) is 12.9. The first-order valence-corrected chi connectivity index (χ1v) is 6.76. The Morgan fingerprint density at radius 3 is 2.24 bits per heavy atom. The molecule has 1 unspecified atom stereocenters. The van der Waals surface area contributed by atoms with Crippen molar-refractivity contribution in [1.29, 1.82) is 0 Å². The first-order valence-electron chi connectivity index (χ1n) is 4.83. The molecule has 0 radical (unpaired) electrons.